The van der Waals surface area contributed by atoms with Crippen LogP contribution in [-0.4, -0.2) is 29.4 Å². The number of benzene rings is 3. The number of halogens is 1. The maximum Gasteiger partial charge on any atom is 0.311 e. The molecule has 3 aromatic rings. The lowest BCUT2D eigenvalue weighted by Crippen LogP contribution is -2.62. The van der Waals surface area contributed by atoms with Crippen molar-refractivity contribution in [3.63, 3.8) is 0 Å². The Hall–Kier alpha value is -3.31. The molecule has 0 radical (unpaired) electrons. The first-order valence-electron chi connectivity index (χ1n) is 11.9. The predicted molar refractivity (Wildman–Crippen MR) is 126 cm³/mol. The molecule has 7 rings (SSSR count). The summed E-state index contributed by atoms with van der Waals surface area (Å²) in [6.07, 6.45) is 1.47. The van der Waals surface area contributed by atoms with E-state index in [2.05, 4.69) is 29.6 Å². The summed E-state index contributed by atoms with van der Waals surface area (Å²) in [5, 5.41) is 14.1. The minimum absolute atomic E-state index is 0.0618. The van der Waals surface area contributed by atoms with Gasteiger partial charge in [-0.05, 0) is 41.2 Å². The molecule has 1 saturated heterocycles. The van der Waals surface area contributed by atoms with E-state index in [-0.39, 0.29) is 24.7 Å². The molecular formula is C29H26FNO3. The molecule has 1 aliphatic heterocycles. The smallest absolute Gasteiger partial charge is 0.311 e. The van der Waals surface area contributed by atoms with E-state index in [0.717, 1.165) is 29.5 Å². The number of carboxylic acid groups (broad SMARTS) is 1. The number of ketones is 1. The Morgan fingerprint density at radius 3 is 2.44 bits per heavy atom. The van der Waals surface area contributed by atoms with Crippen LogP contribution in [0.4, 0.5) is 4.39 Å². The first kappa shape index (κ1) is 21.2. The van der Waals surface area contributed by atoms with Gasteiger partial charge in [-0.2, -0.15) is 0 Å². The maximum absolute atomic E-state index is 14.4. The van der Waals surface area contributed by atoms with E-state index in [1.165, 1.54) is 6.07 Å². The van der Waals surface area contributed by atoms with E-state index in [0.29, 0.717) is 5.56 Å². The van der Waals surface area contributed by atoms with Gasteiger partial charge < -0.3 is 10.4 Å². The molecule has 0 spiro atoms. The van der Waals surface area contributed by atoms with E-state index in [9.17, 15) is 19.1 Å². The molecule has 3 aromatic carbocycles. The van der Waals surface area contributed by atoms with Crippen molar-refractivity contribution in [2.24, 2.45) is 11.3 Å². The third kappa shape index (κ3) is 2.67. The van der Waals surface area contributed by atoms with E-state index in [1.807, 2.05) is 30.3 Å². The summed E-state index contributed by atoms with van der Waals surface area (Å²) < 4.78 is 14.4. The Bertz CT molecular complexity index is 1290. The van der Waals surface area contributed by atoms with E-state index in [4.69, 9.17) is 0 Å². The molecule has 4 aliphatic rings. The van der Waals surface area contributed by atoms with Crippen LogP contribution in [0.15, 0.2) is 78.9 Å². The van der Waals surface area contributed by atoms with Crippen LogP contribution in [0.1, 0.15) is 41.0 Å². The summed E-state index contributed by atoms with van der Waals surface area (Å²) in [6.45, 7) is 0.230. The highest BCUT2D eigenvalue weighted by molar-refractivity contribution is 5.91. The van der Waals surface area contributed by atoms with Gasteiger partial charge in [-0.25, -0.2) is 4.39 Å². The predicted octanol–water partition coefficient (Wildman–Crippen LogP) is 4.47. The molecule has 34 heavy (non-hydrogen) atoms. The highest BCUT2D eigenvalue weighted by Crippen LogP contribution is 2.69. The van der Waals surface area contributed by atoms with Crippen LogP contribution in [0.2, 0.25) is 0 Å². The number of hydrogen-bond acceptors (Lipinski definition) is 3. The molecule has 3 aliphatic carbocycles. The van der Waals surface area contributed by atoms with Crippen molar-refractivity contribution in [3.05, 3.63) is 107 Å². The van der Waals surface area contributed by atoms with E-state index >= 15 is 0 Å². The number of carbonyl (C=O) groups is 2. The second-order valence-electron chi connectivity index (χ2n) is 9.93. The fraction of sp³-hybridized carbons (Fsp3) is 0.310. The van der Waals surface area contributed by atoms with Crippen LogP contribution < -0.4 is 5.32 Å². The average molecular weight is 456 g/mol. The molecular weight excluding hydrogens is 429 g/mol. The summed E-state index contributed by atoms with van der Waals surface area (Å²) in [7, 11) is 0. The molecule has 5 atom stereocenters. The second-order valence-corrected chi connectivity index (χ2v) is 9.93. The molecule has 4 nitrogen and oxygen atoms in total. The Labute approximate surface area is 197 Å². The molecule has 2 fully saturated rings. The van der Waals surface area contributed by atoms with Gasteiger partial charge in [0.2, 0.25) is 0 Å². The summed E-state index contributed by atoms with van der Waals surface area (Å²) in [6, 6.07) is 23.8. The Balaban J connectivity index is 1.55. The average Bonchev–Trinajstić information content (AvgIpc) is 3.30. The van der Waals surface area contributed by atoms with E-state index in [1.54, 1.807) is 18.2 Å². The zero-order chi connectivity index (χ0) is 23.5. The lowest BCUT2D eigenvalue weighted by Gasteiger charge is -2.60. The summed E-state index contributed by atoms with van der Waals surface area (Å²) in [4.78, 5) is 26.8. The topological polar surface area (TPSA) is 66.4 Å². The Morgan fingerprint density at radius 1 is 0.971 bits per heavy atom. The van der Waals surface area contributed by atoms with Crippen molar-refractivity contribution < 1.29 is 19.1 Å². The Kier molecular flexibility index (Phi) is 4.75. The number of fused-ring (bicyclic) bond motifs is 1. The van der Waals surface area contributed by atoms with Crippen LogP contribution in [0, 0.1) is 17.2 Å². The molecule has 172 valence electrons. The zero-order valence-corrected chi connectivity index (χ0v) is 18.7. The molecule has 0 amide bonds. The van der Waals surface area contributed by atoms with Crippen molar-refractivity contribution in [1.29, 1.82) is 0 Å². The van der Waals surface area contributed by atoms with Gasteiger partial charge in [0.15, 0.2) is 5.78 Å². The van der Waals surface area contributed by atoms with Crippen LogP contribution in [0.5, 0.6) is 0 Å². The van der Waals surface area contributed by atoms with Crippen molar-refractivity contribution >= 4 is 11.8 Å². The quantitative estimate of drug-likeness (QED) is 0.596. The molecule has 1 heterocycles. The summed E-state index contributed by atoms with van der Waals surface area (Å²) in [5.41, 5.74) is 1.90. The molecule has 5 unspecified atom stereocenters. The van der Waals surface area contributed by atoms with Gasteiger partial charge >= 0.3 is 5.97 Å². The first-order valence-corrected chi connectivity index (χ1v) is 11.9. The standard InChI is InChI=1S/C29H26FNO3/c30-23-13-7-4-8-18(23)16-24(32)25-26-28(19-9-2-1-3-10-19)15-14-22(20-11-5-6-12-21(20)28)29(26,17-31-25)27(33)34/h1-13,22,25-26,31H,14-17H2,(H,33,34). The number of Topliss-reactive ketones (excluding diaryl/α,β-unsaturated/α-hetero) is 1. The van der Waals surface area contributed by atoms with Crippen LogP contribution >= 0.6 is 0 Å². The third-order valence-corrected chi connectivity index (χ3v) is 8.66. The Morgan fingerprint density at radius 2 is 1.68 bits per heavy atom. The zero-order valence-electron chi connectivity index (χ0n) is 18.7. The SMILES string of the molecule is O=C(Cc1ccccc1F)C1NCC2(C(=O)O)C3CCC(c4ccccc4)(c4ccccc43)C12. The van der Waals surface area contributed by atoms with Crippen LogP contribution in [-0.2, 0) is 21.4 Å². The number of rotatable bonds is 5. The monoisotopic (exact) mass is 455 g/mol. The van der Waals surface area contributed by atoms with Crippen LogP contribution in [0.3, 0.4) is 0 Å². The first-order chi connectivity index (χ1) is 16.5. The number of carboxylic acids is 1. The minimum Gasteiger partial charge on any atom is -0.481 e. The molecule has 2 bridgehead atoms. The molecule has 2 N–H and O–H groups in total. The van der Waals surface area contributed by atoms with Gasteiger partial charge in [-0.1, -0.05) is 72.8 Å². The van der Waals surface area contributed by atoms with Crippen molar-refractivity contribution in [1.82, 2.24) is 5.32 Å². The number of hydrogen-bond donors (Lipinski definition) is 2. The van der Waals surface area contributed by atoms with Crippen LogP contribution in [0.25, 0.3) is 0 Å². The summed E-state index contributed by atoms with van der Waals surface area (Å²) in [5.74, 6) is -2.06. The maximum atomic E-state index is 14.4. The largest absolute Gasteiger partial charge is 0.481 e. The molecule has 5 heteroatoms. The fourth-order valence-electron chi connectivity index (χ4n) is 7.41. The molecule has 0 aromatic heterocycles. The fourth-order valence-corrected chi connectivity index (χ4v) is 7.41. The van der Waals surface area contributed by atoms with Gasteiger partial charge in [0.1, 0.15) is 5.82 Å². The normalized spacial score (nSPS) is 31.0. The molecule has 1 saturated carbocycles. The third-order valence-electron chi connectivity index (χ3n) is 8.66. The van der Waals surface area contributed by atoms with Gasteiger partial charge in [0.05, 0.1) is 11.5 Å². The lowest BCUT2D eigenvalue weighted by molar-refractivity contribution is -0.158. The summed E-state index contributed by atoms with van der Waals surface area (Å²) >= 11 is 0. The van der Waals surface area contributed by atoms with Gasteiger partial charge in [-0.15, -0.1) is 0 Å². The number of carbonyl (C=O) groups excluding carboxylic acids is 1. The van der Waals surface area contributed by atoms with Gasteiger partial charge in [0.25, 0.3) is 0 Å². The highest BCUT2D eigenvalue weighted by Gasteiger charge is 2.72. The lowest BCUT2D eigenvalue weighted by atomic mass is 9.41. The number of nitrogens with one attached hydrogen (secondary N) is 1. The number of aliphatic carboxylic acids is 1. The highest BCUT2D eigenvalue weighted by atomic mass is 19.1. The van der Waals surface area contributed by atoms with Gasteiger partial charge in [0, 0.05) is 30.2 Å². The van der Waals surface area contributed by atoms with Crippen molar-refractivity contribution in [2.75, 3.05) is 6.54 Å². The second kappa shape index (κ2) is 7.60. The van der Waals surface area contributed by atoms with Gasteiger partial charge in [-0.3, -0.25) is 9.59 Å². The van der Waals surface area contributed by atoms with Crippen molar-refractivity contribution in [3.8, 4) is 0 Å². The van der Waals surface area contributed by atoms with E-state index < -0.39 is 34.6 Å². The van der Waals surface area contributed by atoms with Crippen molar-refractivity contribution in [2.45, 2.75) is 36.6 Å². The minimum atomic E-state index is -1.10.